The highest BCUT2D eigenvalue weighted by Gasteiger charge is 2.40. The number of nitrogens with zero attached hydrogens (tertiary/aromatic N) is 4. The number of aromatic nitrogens is 3. The van der Waals surface area contributed by atoms with E-state index in [1.54, 1.807) is 31.3 Å². The third kappa shape index (κ3) is 3.79. The van der Waals surface area contributed by atoms with Crippen LogP contribution in [-0.2, 0) is 0 Å². The van der Waals surface area contributed by atoms with Gasteiger partial charge in [-0.05, 0) is 48.7 Å². The van der Waals surface area contributed by atoms with E-state index in [9.17, 15) is 4.79 Å². The van der Waals surface area contributed by atoms with Crippen molar-refractivity contribution in [3.63, 3.8) is 0 Å². The highest BCUT2D eigenvalue weighted by atomic mass is 16.5. The molecule has 0 radical (unpaired) electrons. The number of hydrogen-bond donors (Lipinski definition) is 0. The molecular formula is C27H26N4O3. The van der Waals surface area contributed by atoms with Gasteiger partial charge < -0.3 is 9.47 Å². The van der Waals surface area contributed by atoms with Crippen molar-refractivity contribution in [1.29, 1.82) is 0 Å². The highest BCUT2D eigenvalue weighted by Crippen LogP contribution is 2.43. The molecule has 0 bridgehead atoms. The maximum absolute atomic E-state index is 14.0. The monoisotopic (exact) mass is 454 g/mol. The van der Waals surface area contributed by atoms with E-state index in [-0.39, 0.29) is 18.0 Å². The maximum atomic E-state index is 14.0. The van der Waals surface area contributed by atoms with Crippen LogP contribution in [0.1, 0.15) is 45.6 Å². The van der Waals surface area contributed by atoms with E-state index in [4.69, 9.17) is 9.47 Å². The maximum Gasteiger partial charge on any atom is 0.264 e. The molecule has 0 saturated carbocycles. The zero-order chi connectivity index (χ0) is 23.7. The van der Waals surface area contributed by atoms with E-state index < -0.39 is 0 Å². The Kier molecular flexibility index (Phi) is 5.76. The zero-order valence-corrected chi connectivity index (χ0v) is 19.4. The first-order valence-electron chi connectivity index (χ1n) is 11.2. The Morgan fingerprint density at radius 2 is 1.56 bits per heavy atom. The van der Waals surface area contributed by atoms with E-state index in [0.29, 0.717) is 23.7 Å². The van der Waals surface area contributed by atoms with Crippen molar-refractivity contribution in [1.82, 2.24) is 14.8 Å². The molecular weight excluding hydrogens is 428 g/mol. The summed E-state index contributed by atoms with van der Waals surface area (Å²) in [7, 11) is 3.21. The molecule has 2 unspecified atom stereocenters. The second-order valence-corrected chi connectivity index (χ2v) is 8.33. The quantitative estimate of drug-likeness (QED) is 0.425. The lowest BCUT2D eigenvalue weighted by Crippen LogP contribution is -2.42. The van der Waals surface area contributed by atoms with E-state index in [2.05, 4.69) is 41.3 Å². The van der Waals surface area contributed by atoms with Crippen LogP contribution in [0.15, 0.2) is 79.1 Å². The summed E-state index contributed by atoms with van der Waals surface area (Å²) < 4.78 is 12.7. The van der Waals surface area contributed by atoms with Gasteiger partial charge in [0.25, 0.3) is 5.91 Å². The van der Waals surface area contributed by atoms with Crippen LogP contribution >= 0.6 is 0 Å². The van der Waals surface area contributed by atoms with Gasteiger partial charge in [0.05, 0.1) is 31.9 Å². The fourth-order valence-electron chi connectivity index (χ4n) is 4.55. The molecule has 172 valence electrons. The largest absolute Gasteiger partial charge is 0.497 e. The Morgan fingerprint density at radius 1 is 0.882 bits per heavy atom. The second kappa shape index (κ2) is 9.02. The van der Waals surface area contributed by atoms with Crippen molar-refractivity contribution in [2.45, 2.75) is 25.4 Å². The third-order valence-electron chi connectivity index (χ3n) is 6.34. The van der Waals surface area contributed by atoms with Gasteiger partial charge in [-0.3, -0.25) is 9.69 Å². The normalized spacial score (nSPS) is 17.2. The molecule has 1 aliphatic heterocycles. The van der Waals surface area contributed by atoms with Crippen LogP contribution < -0.4 is 14.4 Å². The molecule has 0 N–H and O–H groups in total. The van der Waals surface area contributed by atoms with Crippen LogP contribution in [0.2, 0.25) is 0 Å². The minimum Gasteiger partial charge on any atom is -0.497 e. The predicted octanol–water partition coefficient (Wildman–Crippen LogP) is 4.98. The molecule has 1 amide bonds. The molecule has 2 heterocycles. The number of benzene rings is 3. The average molecular weight is 455 g/mol. The zero-order valence-electron chi connectivity index (χ0n) is 19.4. The Balaban J connectivity index is 1.65. The van der Waals surface area contributed by atoms with Gasteiger partial charge in [0.15, 0.2) is 0 Å². The molecule has 34 heavy (non-hydrogen) atoms. The first-order valence-corrected chi connectivity index (χ1v) is 11.2. The summed E-state index contributed by atoms with van der Waals surface area (Å²) in [6, 6.07) is 23.2. The number of rotatable bonds is 5. The Hall–Kier alpha value is -4.13. The number of aryl methyl sites for hydroxylation is 1. The molecule has 7 nitrogen and oxygen atoms in total. The number of hydrogen-bond acceptors (Lipinski definition) is 5. The summed E-state index contributed by atoms with van der Waals surface area (Å²) in [4.78, 5) is 20.2. The van der Waals surface area contributed by atoms with Crippen molar-refractivity contribution < 1.29 is 14.3 Å². The summed E-state index contributed by atoms with van der Waals surface area (Å²) in [5, 5.41) is 4.52. The van der Waals surface area contributed by atoms with E-state index in [0.717, 1.165) is 16.9 Å². The molecule has 0 saturated heterocycles. The summed E-state index contributed by atoms with van der Waals surface area (Å²) in [5.41, 5.74) is 3.79. The van der Waals surface area contributed by atoms with Crippen molar-refractivity contribution in [3.8, 4) is 11.5 Å². The van der Waals surface area contributed by atoms with Crippen molar-refractivity contribution in [3.05, 3.63) is 101 Å². The fourth-order valence-corrected chi connectivity index (χ4v) is 4.55. The van der Waals surface area contributed by atoms with Gasteiger partial charge in [0, 0.05) is 0 Å². The van der Waals surface area contributed by atoms with E-state index in [1.165, 1.54) is 11.9 Å². The molecule has 0 aliphatic carbocycles. The molecule has 5 rings (SSSR count). The second-order valence-electron chi connectivity index (χ2n) is 8.33. The third-order valence-corrected chi connectivity index (χ3v) is 6.34. The Morgan fingerprint density at radius 3 is 2.26 bits per heavy atom. The molecule has 1 aromatic heterocycles. The number of para-hydroxylation sites is 1. The first kappa shape index (κ1) is 21.7. The molecule has 3 aromatic carbocycles. The van der Waals surface area contributed by atoms with Crippen LogP contribution in [0, 0.1) is 6.92 Å². The highest BCUT2D eigenvalue weighted by molar-refractivity contribution is 6.07. The number of anilines is 1. The Bertz CT molecular complexity index is 1300. The number of carbonyl (C=O) groups excluding carboxylic acids is 1. The summed E-state index contributed by atoms with van der Waals surface area (Å²) in [6.45, 7) is 2.07. The smallest absolute Gasteiger partial charge is 0.264 e. The van der Waals surface area contributed by atoms with Crippen LogP contribution in [0.3, 0.4) is 0 Å². The predicted molar refractivity (Wildman–Crippen MR) is 129 cm³/mol. The fraction of sp³-hybridized carbons (Fsp3) is 0.222. The lowest BCUT2D eigenvalue weighted by molar-refractivity contribution is 0.0960. The molecule has 0 spiro atoms. The minimum atomic E-state index is -0.258. The lowest BCUT2D eigenvalue weighted by Gasteiger charge is -2.39. The SMILES string of the molecule is COc1ccc(C2CC(c3ccc(C)cc3)n3ncnc3N2C(=O)c2ccccc2OC)cc1. The van der Waals surface area contributed by atoms with Crippen LogP contribution in [0.5, 0.6) is 11.5 Å². The topological polar surface area (TPSA) is 69.5 Å². The lowest BCUT2D eigenvalue weighted by atomic mass is 9.91. The van der Waals surface area contributed by atoms with Crippen molar-refractivity contribution in [2.75, 3.05) is 19.1 Å². The molecule has 7 heteroatoms. The Labute approximate surface area is 198 Å². The van der Waals surface area contributed by atoms with E-state index in [1.807, 2.05) is 41.1 Å². The van der Waals surface area contributed by atoms with Gasteiger partial charge in [-0.2, -0.15) is 10.1 Å². The number of methoxy groups -OCH3 is 2. The van der Waals surface area contributed by atoms with Gasteiger partial charge in [0.1, 0.15) is 17.8 Å². The van der Waals surface area contributed by atoms with Crippen LogP contribution in [0.4, 0.5) is 5.95 Å². The van der Waals surface area contributed by atoms with Gasteiger partial charge in [-0.1, -0.05) is 54.1 Å². The number of ether oxygens (including phenoxy) is 2. The minimum absolute atomic E-state index is 0.0630. The van der Waals surface area contributed by atoms with Gasteiger partial charge in [0.2, 0.25) is 5.95 Å². The van der Waals surface area contributed by atoms with E-state index >= 15 is 0 Å². The van der Waals surface area contributed by atoms with Crippen LogP contribution in [0.25, 0.3) is 0 Å². The molecule has 1 aliphatic rings. The summed E-state index contributed by atoms with van der Waals surface area (Å²) in [5.74, 6) is 1.61. The summed E-state index contributed by atoms with van der Waals surface area (Å²) >= 11 is 0. The van der Waals surface area contributed by atoms with Crippen molar-refractivity contribution in [2.24, 2.45) is 0 Å². The molecule has 2 atom stereocenters. The van der Waals surface area contributed by atoms with Gasteiger partial charge >= 0.3 is 0 Å². The standard InChI is InChI=1S/C27H26N4O3/c1-18-8-10-20(11-9-18)24-16-23(19-12-14-21(33-2)15-13-19)30(27-28-17-29-31(24)27)26(32)22-6-4-5-7-25(22)34-3/h4-15,17,23-24H,16H2,1-3H3. The molecule has 4 aromatic rings. The number of fused-ring (bicyclic) bond motifs is 1. The summed E-state index contributed by atoms with van der Waals surface area (Å²) in [6.07, 6.45) is 2.15. The molecule has 0 fully saturated rings. The number of carbonyl (C=O) groups is 1. The van der Waals surface area contributed by atoms with Crippen LogP contribution in [-0.4, -0.2) is 34.9 Å². The first-order chi connectivity index (χ1) is 16.6. The average Bonchev–Trinajstić information content (AvgIpc) is 3.38. The van der Waals surface area contributed by atoms with Gasteiger partial charge in [-0.25, -0.2) is 4.68 Å². The van der Waals surface area contributed by atoms with Crippen molar-refractivity contribution >= 4 is 11.9 Å². The van der Waals surface area contributed by atoms with Gasteiger partial charge in [-0.15, -0.1) is 0 Å². The number of amides is 1.